The van der Waals surface area contributed by atoms with Crippen molar-refractivity contribution >= 4 is 17.4 Å². The average molecular weight is 199 g/mol. The Morgan fingerprint density at radius 1 is 1.38 bits per heavy atom. The van der Waals surface area contributed by atoms with Crippen LogP contribution in [0.15, 0.2) is 12.3 Å². The second kappa shape index (κ2) is 3.89. The lowest BCUT2D eigenvalue weighted by atomic mass is 10.3. The zero-order valence-electron chi connectivity index (χ0n) is 7.20. The molecule has 0 radical (unpaired) electrons. The molecule has 0 bridgehead atoms. The van der Waals surface area contributed by atoms with E-state index in [1.54, 1.807) is 6.20 Å². The van der Waals surface area contributed by atoms with Crippen molar-refractivity contribution in [3.63, 3.8) is 0 Å². The lowest BCUT2D eigenvalue weighted by molar-refractivity contribution is 0.582. The number of anilines is 1. The van der Waals surface area contributed by atoms with E-state index in [1.807, 2.05) is 6.07 Å². The van der Waals surface area contributed by atoms with Crippen molar-refractivity contribution in [2.75, 3.05) is 31.1 Å². The average Bonchev–Trinajstić information content (AvgIpc) is 2.19. The molecule has 0 aromatic carbocycles. The van der Waals surface area contributed by atoms with Gasteiger partial charge in [0.05, 0.1) is 11.2 Å². The number of halogens is 1. The van der Waals surface area contributed by atoms with Crippen LogP contribution in [0.2, 0.25) is 5.02 Å². The molecule has 0 unspecified atom stereocenters. The Morgan fingerprint density at radius 2 is 2.15 bits per heavy atom. The van der Waals surface area contributed by atoms with Crippen LogP contribution >= 0.6 is 11.6 Å². The van der Waals surface area contributed by atoms with Crippen molar-refractivity contribution in [1.29, 1.82) is 0 Å². The van der Waals surface area contributed by atoms with Gasteiger partial charge in [-0.15, -0.1) is 5.10 Å². The molecule has 1 aromatic rings. The first kappa shape index (κ1) is 8.72. The fourth-order valence-corrected chi connectivity index (χ4v) is 1.52. The summed E-state index contributed by atoms with van der Waals surface area (Å²) in [7, 11) is 0. The Kier molecular flexibility index (Phi) is 2.61. The molecular weight excluding hydrogens is 188 g/mol. The highest BCUT2D eigenvalue weighted by atomic mass is 35.5. The Hall–Kier alpha value is -0.870. The summed E-state index contributed by atoms with van der Waals surface area (Å²) in [5, 5.41) is 11.8. The van der Waals surface area contributed by atoms with E-state index in [9.17, 15) is 0 Å². The van der Waals surface area contributed by atoms with Crippen molar-refractivity contribution < 1.29 is 0 Å². The van der Waals surface area contributed by atoms with Crippen molar-refractivity contribution in [3.8, 4) is 0 Å². The highest BCUT2D eigenvalue weighted by molar-refractivity contribution is 6.30. The van der Waals surface area contributed by atoms with Gasteiger partial charge in [0.2, 0.25) is 0 Å². The van der Waals surface area contributed by atoms with Crippen LogP contribution in [0.25, 0.3) is 0 Å². The van der Waals surface area contributed by atoms with E-state index in [2.05, 4.69) is 20.4 Å². The molecule has 0 atom stereocenters. The second-order valence-electron chi connectivity index (χ2n) is 2.97. The fraction of sp³-hybridized carbons (Fsp3) is 0.500. The maximum atomic E-state index is 5.82. The SMILES string of the molecule is Clc1cnnc(N2CCNCC2)c1. The first-order valence-corrected chi connectivity index (χ1v) is 4.68. The molecule has 1 aromatic heterocycles. The van der Waals surface area contributed by atoms with E-state index < -0.39 is 0 Å². The number of rotatable bonds is 1. The Balaban J connectivity index is 2.14. The lowest BCUT2D eigenvalue weighted by Crippen LogP contribution is -2.43. The van der Waals surface area contributed by atoms with E-state index in [0.29, 0.717) is 5.02 Å². The van der Waals surface area contributed by atoms with Crippen LogP contribution in [-0.4, -0.2) is 36.4 Å². The van der Waals surface area contributed by atoms with Gasteiger partial charge in [0.25, 0.3) is 0 Å². The van der Waals surface area contributed by atoms with E-state index in [4.69, 9.17) is 11.6 Å². The summed E-state index contributed by atoms with van der Waals surface area (Å²) in [5.74, 6) is 0.869. The number of hydrogen-bond acceptors (Lipinski definition) is 4. The number of piperazine rings is 1. The van der Waals surface area contributed by atoms with Gasteiger partial charge in [-0.2, -0.15) is 5.10 Å². The monoisotopic (exact) mass is 198 g/mol. The third-order valence-electron chi connectivity index (χ3n) is 2.05. The predicted molar refractivity (Wildman–Crippen MR) is 52.1 cm³/mol. The van der Waals surface area contributed by atoms with Gasteiger partial charge in [-0.05, 0) is 0 Å². The fourth-order valence-electron chi connectivity index (χ4n) is 1.38. The molecule has 70 valence electrons. The second-order valence-corrected chi connectivity index (χ2v) is 3.41. The van der Waals surface area contributed by atoms with Gasteiger partial charge in [0, 0.05) is 32.2 Å². The van der Waals surface area contributed by atoms with Gasteiger partial charge < -0.3 is 10.2 Å². The van der Waals surface area contributed by atoms with E-state index >= 15 is 0 Å². The van der Waals surface area contributed by atoms with Gasteiger partial charge in [0.1, 0.15) is 0 Å². The number of hydrogen-bond donors (Lipinski definition) is 1. The lowest BCUT2D eigenvalue weighted by Gasteiger charge is -2.27. The van der Waals surface area contributed by atoms with Crippen LogP contribution in [0.3, 0.4) is 0 Å². The van der Waals surface area contributed by atoms with Gasteiger partial charge in [-0.25, -0.2) is 0 Å². The molecule has 5 heteroatoms. The zero-order valence-corrected chi connectivity index (χ0v) is 7.96. The Morgan fingerprint density at radius 3 is 2.85 bits per heavy atom. The van der Waals surface area contributed by atoms with Crippen LogP contribution in [0.1, 0.15) is 0 Å². The van der Waals surface area contributed by atoms with E-state index in [-0.39, 0.29) is 0 Å². The van der Waals surface area contributed by atoms with Crippen LogP contribution < -0.4 is 10.2 Å². The molecule has 0 amide bonds. The largest absolute Gasteiger partial charge is 0.353 e. The zero-order chi connectivity index (χ0) is 9.10. The molecule has 2 rings (SSSR count). The van der Waals surface area contributed by atoms with Gasteiger partial charge in [0.15, 0.2) is 5.82 Å². The highest BCUT2D eigenvalue weighted by Gasteiger charge is 2.11. The molecular formula is C8H11ClN4. The normalized spacial score (nSPS) is 17.5. The smallest absolute Gasteiger partial charge is 0.152 e. The van der Waals surface area contributed by atoms with Crippen LogP contribution in [-0.2, 0) is 0 Å². The molecule has 1 saturated heterocycles. The third-order valence-corrected chi connectivity index (χ3v) is 2.26. The van der Waals surface area contributed by atoms with Crippen LogP contribution in [0.4, 0.5) is 5.82 Å². The van der Waals surface area contributed by atoms with Crippen molar-refractivity contribution in [2.24, 2.45) is 0 Å². The molecule has 4 nitrogen and oxygen atoms in total. The van der Waals surface area contributed by atoms with Crippen molar-refractivity contribution in [1.82, 2.24) is 15.5 Å². The third kappa shape index (κ3) is 2.08. The first-order chi connectivity index (χ1) is 6.36. The van der Waals surface area contributed by atoms with Gasteiger partial charge in [-0.1, -0.05) is 11.6 Å². The molecule has 1 aliphatic rings. The minimum Gasteiger partial charge on any atom is -0.353 e. The summed E-state index contributed by atoms with van der Waals surface area (Å²) in [6.45, 7) is 3.92. The van der Waals surface area contributed by atoms with Crippen LogP contribution in [0, 0.1) is 0 Å². The standard InChI is InChI=1S/C8H11ClN4/c9-7-5-8(12-11-6-7)13-3-1-10-2-4-13/h5-6,10H,1-4H2. The molecule has 1 N–H and O–H groups in total. The van der Waals surface area contributed by atoms with Crippen molar-refractivity contribution in [2.45, 2.75) is 0 Å². The van der Waals surface area contributed by atoms with E-state index in [1.165, 1.54) is 0 Å². The summed E-state index contributed by atoms with van der Waals surface area (Å²) in [5.41, 5.74) is 0. The molecule has 13 heavy (non-hydrogen) atoms. The molecule has 2 heterocycles. The van der Waals surface area contributed by atoms with Crippen LogP contribution in [0.5, 0.6) is 0 Å². The summed E-state index contributed by atoms with van der Waals surface area (Å²) in [6, 6.07) is 1.85. The number of nitrogens with zero attached hydrogens (tertiary/aromatic N) is 3. The Labute approximate surface area is 81.9 Å². The Bertz CT molecular complexity index is 285. The molecule has 1 aliphatic heterocycles. The minimum atomic E-state index is 0.642. The summed E-state index contributed by atoms with van der Waals surface area (Å²) >= 11 is 5.82. The predicted octanol–water partition coefficient (Wildman–Crippen LogP) is 0.540. The topological polar surface area (TPSA) is 41.1 Å². The van der Waals surface area contributed by atoms with Gasteiger partial charge >= 0.3 is 0 Å². The quantitative estimate of drug-likeness (QED) is 0.715. The summed E-state index contributed by atoms with van der Waals surface area (Å²) < 4.78 is 0. The summed E-state index contributed by atoms with van der Waals surface area (Å²) in [4.78, 5) is 2.18. The molecule has 0 spiro atoms. The molecule has 0 saturated carbocycles. The maximum absolute atomic E-state index is 5.82. The first-order valence-electron chi connectivity index (χ1n) is 4.30. The molecule has 0 aliphatic carbocycles. The van der Waals surface area contributed by atoms with E-state index in [0.717, 1.165) is 32.0 Å². The summed E-state index contributed by atoms with van der Waals surface area (Å²) in [6.07, 6.45) is 1.55. The van der Waals surface area contributed by atoms with Crippen molar-refractivity contribution in [3.05, 3.63) is 17.3 Å². The minimum absolute atomic E-state index is 0.642. The van der Waals surface area contributed by atoms with Gasteiger partial charge in [-0.3, -0.25) is 0 Å². The highest BCUT2D eigenvalue weighted by Crippen LogP contribution is 2.14. The maximum Gasteiger partial charge on any atom is 0.152 e. The number of nitrogens with one attached hydrogen (secondary N) is 1. The molecule has 1 fully saturated rings. The number of aromatic nitrogens is 2.